The average Bonchev–Trinajstić information content (AvgIpc) is 2.12. The molecule has 0 aromatic carbocycles. The molecule has 0 bridgehead atoms. The van der Waals surface area contributed by atoms with Crippen LogP contribution in [-0.4, -0.2) is 38.2 Å². The third-order valence-corrected chi connectivity index (χ3v) is 1.80. The molecule has 104 valence electrons. The van der Waals surface area contributed by atoms with Crippen LogP contribution in [0.25, 0.3) is 0 Å². The van der Waals surface area contributed by atoms with Crippen LogP contribution in [0.2, 0.25) is 0 Å². The molecule has 0 radical (unpaired) electrons. The largest absolute Gasteiger partial charge is 0.423 e. The van der Waals surface area contributed by atoms with Gasteiger partial charge in [0.05, 0.1) is 0 Å². The lowest BCUT2D eigenvalue weighted by Gasteiger charge is -2.23. The molecule has 0 saturated carbocycles. The molecule has 0 amide bonds. The molecule has 0 unspecified atom stereocenters. The Bertz CT molecular complexity index is 189. The second kappa shape index (κ2) is 7.05. The maximum atomic E-state index is 12.0. The second-order valence-electron chi connectivity index (χ2n) is 3.44. The van der Waals surface area contributed by atoms with E-state index in [9.17, 15) is 26.3 Å². The van der Waals surface area contributed by atoms with Crippen molar-refractivity contribution in [2.24, 2.45) is 0 Å². The molecule has 17 heavy (non-hydrogen) atoms. The molecule has 0 heterocycles. The fourth-order valence-electron chi connectivity index (χ4n) is 1.07. The zero-order valence-electron chi connectivity index (χ0n) is 9.29. The van der Waals surface area contributed by atoms with Crippen molar-refractivity contribution < 1.29 is 31.1 Å². The van der Waals surface area contributed by atoms with Crippen molar-refractivity contribution in [3.63, 3.8) is 0 Å². The lowest BCUT2D eigenvalue weighted by atomic mass is 10.3. The van der Waals surface area contributed by atoms with E-state index < -0.39 is 25.1 Å². The molecule has 0 aliphatic carbocycles. The Morgan fingerprint density at radius 1 is 1.00 bits per heavy atom. The van der Waals surface area contributed by atoms with Crippen LogP contribution < -0.4 is 5.32 Å². The van der Waals surface area contributed by atoms with Gasteiger partial charge in [-0.05, 0) is 25.9 Å². The van der Waals surface area contributed by atoms with Crippen molar-refractivity contribution in [1.82, 2.24) is 5.32 Å². The molecule has 0 saturated heterocycles. The quantitative estimate of drug-likeness (QED) is 0.565. The minimum Gasteiger partial charge on any atom is -0.361 e. The smallest absolute Gasteiger partial charge is 0.361 e. The van der Waals surface area contributed by atoms with E-state index in [1.165, 1.54) is 0 Å². The zero-order chi connectivity index (χ0) is 13.5. The van der Waals surface area contributed by atoms with E-state index in [0.717, 1.165) is 6.42 Å². The summed E-state index contributed by atoms with van der Waals surface area (Å²) < 4.78 is 75.8. The van der Waals surface area contributed by atoms with E-state index >= 15 is 0 Å². The monoisotopic (exact) mass is 267 g/mol. The van der Waals surface area contributed by atoms with Crippen LogP contribution in [0.1, 0.15) is 19.8 Å². The molecule has 0 rings (SSSR count). The normalized spacial score (nSPS) is 13.4. The summed E-state index contributed by atoms with van der Waals surface area (Å²) in [6.45, 7) is 2.31. The third-order valence-electron chi connectivity index (χ3n) is 1.80. The van der Waals surface area contributed by atoms with E-state index in [-0.39, 0.29) is 6.42 Å². The van der Waals surface area contributed by atoms with Gasteiger partial charge >= 0.3 is 12.4 Å². The highest BCUT2D eigenvalue weighted by molar-refractivity contribution is 4.75. The van der Waals surface area contributed by atoms with E-state index in [1.54, 1.807) is 0 Å². The molecule has 2 nitrogen and oxygen atoms in total. The van der Waals surface area contributed by atoms with E-state index in [0.29, 0.717) is 13.1 Å². The Labute approximate surface area is 95.3 Å². The molecule has 0 aromatic rings. The van der Waals surface area contributed by atoms with Gasteiger partial charge in [-0.15, -0.1) is 0 Å². The van der Waals surface area contributed by atoms with Crippen LogP contribution in [0.5, 0.6) is 0 Å². The molecule has 0 spiro atoms. The Hall–Kier alpha value is -0.500. The van der Waals surface area contributed by atoms with Crippen molar-refractivity contribution in [3.05, 3.63) is 0 Å². The van der Waals surface area contributed by atoms with Gasteiger partial charge < -0.3 is 10.1 Å². The van der Waals surface area contributed by atoms with Gasteiger partial charge in [0.25, 0.3) is 0 Å². The Morgan fingerprint density at radius 3 is 1.94 bits per heavy atom. The highest BCUT2D eigenvalue weighted by Gasteiger charge is 2.57. The van der Waals surface area contributed by atoms with Crippen molar-refractivity contribution >= 4 is 0 Å². The molecule has 0 aliphatic rings. The molecule has 0 fully saturated rings. The van der Waals surface area contributed by atoms with Gasteiger partial charge in [0.1, 0.15) is 0 Å². The average molecular weight is 267 g/mol. The maximum absolute atomic E-state index is 12.0. The fourth-order valence-corrected chi connectivity index (χ4v) is 1.07. The summed E-state index contributed by atoms with van der Waals surface area (Å²) in [5, 5.41) is 2.84. The lowest BCUT2D eigenvalue weighted by molar-refractivity contribution is -0.321. The number of hydrogen-bond donors (Lipinski definition) is 1. The summed E-state index contributed by atoms with van der Waals surface area (Å²) in [5.74, 6) is 0. The van der Waals surface area contributed by atoms with Gasteiger partial charge in [0, 0.05) is 6.61 Å². The first-order valence-corrected chi connectivity index (χ1v) is 5.15. The minimum absolute atomic E-state index is 0.0999. The van der Waals surface area contributed by atoms with Crippen LogP contribution in [0.3, 0.4) is 0 Å². The topological polar surface area (TPSA) is 21.3 Å². The Kier molecular flexibility index (Phi) is 6.84. The van der Waals surface area contributed by atoms with Crippen molar-refractivity contribution in [3.8, 4) is 0 Å². The SMILES string of the molecule is CCCNCCCOC(C(F)(F)F)C(F)(F)F. The Morgan fingerprint density at radius 2 is 1.53 bits per heavy atom. The summed E-state index contributed by atoms with van der Waals surface area (Å²) in [5.41, 5.74) is 0. The number of nitrogens with one attached hydrogen (secondary N) is 1. The van der Waals surface area contributed by atoms with Gasteiger partial charge in [-0.2, -0.15) is 26.3 Å². The van der Waals surface area contributed by atoms with E-state index in [1.807, 2.05) is 6.92 Å². The minimum atomic E-state index is -5.42. The maximum Gasteiger partial charge on any atom is 0.423 e. The van der Waals surface area contributed by atoms with Gasteiger partial charge in [-0.25, -0.2) is 0 Å². The summed E-state index contributed by atoms with van der Waals surface area (Å²) >= 11 is 0. The lowest BCUT2D eigenvalue weighted by Crippen LogP contribution is -2.44. The molecule has 8 heteroatoms. The predicted molar refractivity (Wildman–Crippen MR) is 49.6 cm³/mol. The van der Waals surface area contributed by atoms with Crippen molar-refractivity contribution in [2.45, 2.75) is 38.2 Å². The summed E-state index contributed by atoms with van der Waals surface area (Å²) in [7, 11) is 0. The second-order valence-corrected chi connectivity index (χ2v) is 3.44. The summed E-state index contributed by atoms with van der Waals surface area (Å²) in [6.07, 6.45) is -13.6. The van der Waals surface area contributed by atoms with E-state index in [4.69, 9.17) is 0 Å². The summed E-state index contributed by atoms with van der Waals surface area (Å²) in [4.78, 5) is 0. The molecular formula is C9H15F6NO. The Balaban J connectivity index is 3.95. The van der Waals surface area contributed by atoms with Gasteiger partial charge in [-0.1, -0.05) is 6.92 Å². The number of halogens is 6. The van der Waals surface area contributed by atoms with Crippen molar-refractivity contribution in [1.29, 1.82) is 0 Å². The highest BCUT2D eigenvalue weighted by Crippen LogP contribution is 2.35. The molecule has 0 atom stereocenters. The van der Waals surface area contributed by atoms with Crippen LogP contribution in [0, 0.1) is 0 Å². The van der Waals surface area contributed by atoms with Crippen molar-refractivity contribution in [2.75, 3.05) is 19.7 Å². The molecule has 1 N–H and O–H groups in total. The fraction of sp³-hybridized carbons (Fsp3) is 1.00. The third kappa shape index (κ3) is 7.43. The van der Waals surface area contributed by atoms with E-state index in [2.05, 4.69) is 10.1 Å². The first kappa shape index (κ1) is 16.5. The number of rotatable bonds is 7. The number of alkyl halides is 6. The van der Waals surface area contributed by atoms with Crippen LogP contribution in [-0.2, 0) is 4.74 Å². The molecule has 0 aliphatic heterocycles. The van der Waals surface area contributed by atoms with Crippen LogP contribution in [0.15, 0.2) is 0 Å². The van der Waals surface area contributed by atoms with Gasteiger partial charge in [0.15, 0.2) is 0 Å². The molecular weight excluding hydrogens is 252 g/mol. The summed E-state index contributed by atoms with van der Waals surface area (Å²) in [6, 6.07) is 0. The molecule has 0 aromatic heterocycles. The highest BCUT2D eigenvalue weighted by atomic mass is 19.4. The standard InChI is InChI=1S/C9H15F6NO/c1-2-4-16-5-3-6-17-7(8(10,11)12)9(13,14)15/h7,16H,2-6H2,1H3. The zero-order valence-corrected chi connectivity index (χ0v) is 9.29. The number of hydrogen-bond acceptors (Lipinski definition) is 2. The first-order valence-electron chi connectivity index (χ1n) is 5.15. The van der Waals surface area contributed by atoms with Crippen LogP contribution >= 0.6 is 0 Å². The first-order chi connectivity index (χ1) is 7.69. The number of ether oxygens (including phenoxy) is 1. The predicted octanol–water partition coefficient (Wildman–Crippen LogP) is 2.89. The van der Waals surface area contributed by atoms with Gasteiger partial charge in [-0.3, -0.25) is 0 Å². The van der Waals surface area contributed by atoms with Gasteiger partial charge in [0.2, 0.25) is 6.10 Å². The van der Waals surface area contributed by atoms with Crippen LogP contribution in [0.4, 0.5) is 26.3 Å².